The van der Waals surface area contributed by atoms with E-state index in [4.69, 9.17) is 0 Å². The number of likely N-dealkylation sites (tertiary alicyclic amines) is 1. The Bertz CT molecular complexity index is 483. The first kappa shape index (κ1) is 14.6. The van der Waals surface area contributed by atoms with Gasteiger partial charge in [-0.25, -0.2) is 4.98 Å². The minimum atomic E-state index is -0.301. The van der Waals surface area contributed by atoms with Gasteiger partial charge in [-0.05, 0) is 26.2 Å². The second kappa shape index (κ2) is 6.54. The fraction of sp³-hybridized carbons (Fsp3) is 0.643. The first-order chi connectivity index (χ1) is 9.59. The molecule has 1 aromatic rings. The molecule has 0 bridgehead atoms. The number of piperidine rings is 1. The maximum Gasteiger partial charge on any atom is 0.242 e. The van der Waals surface area contributed by atoms with Crippen molar-refractivity contribution >= 4 is 11.8 Å². The summed E-state index contributed by atoms with van der Waals surface area (Å²) in [7, 11) is 0. The molecule has 0 radical (unpaired) electrons. The Hall–Kier alpha value is -1.85. The topological polar surface area (TPSA) is 67.2 Å². The lowest BCUT2D eigenvalue weighted by atomic mass is 10.0. The molecule has 1 aliphatic rings. The number of carbonyl (C=O) groups excluding carboxylic acids is 2. The van der Waals surface area contributed by atoms with Gasteiger partial charge in [0.2, 0.25) is 11.8 Å². The van der Waals surface area contributed by atoms with Gasteiger partial charge < -0.3 is 14.8 Å². The molecule has 6 heteroatoms. The summed E-state index contributed by atoms with van der Waals surface area (Å²) in [6.07, 6.45) is 6.38. The van der Waals surface area contributed by atoms with E-state index in [0.717, 1.165) is 25.1 Å². The summed E-state index contributed by atoms with van der Waals surface area (Å²) in [6.45, 7) is 5.40. The predicted octanol–water partition coefficient (Wildman–Crippen LogP) is 0.709. The zero-order valence-electron chi connectivity index (χ0n) is 12.1. The van der Waals surface area contributed by atoms with Crippen LogP contribution < -0.4 is 5.32 Å². The van der Waals surface area contributed by atoms with Crippen LogP contribution in [0.4, 0.5) is 0 Å². The number of carbonyl (C=O) groups is 2. The molecule has 0 aliphatic carbocycles. The van der Waals surface area contributed by atoms with Crippen molar-refractivity contribution in [3.63, 3.8) is 0 Å². The van der Waals surface area contributed by atoms with E-state index in [1.165, 1.54) is 6.92 Å². The van der Waals surface area contributed by atoms with Crippen LogP contribution in [-0.4, -0.2) is 45.4 Å². The van der Waals surface area contributed by atoms with E-state index < -0.39 is 0 Å². The van der Waals surface area contributed by atoms with Crippen LogP contribution in [-0.2, 0) is 16.1 Å². The van der Waals surface area contributed by atoms with Gasteiger partial charge in [0.05, 0.1) is 0 Å². The highest BCUT2D eigenvalue weighted by Gasteiger charge is 2.29. The number of rotatable bonds is 4. The number of imidazole rings is 1. The van der Waals surface area contributed by atoms with E-state index in [9.17, 15) is 9.59 Å². The molecular weight excluding hydrogens is 256 g/mol. The fourth-order valence-corrected chi connectivity index (χ4v) is 2.64. The molecule has 1 fully saturated rings. The van der Waals surface area contributed by atoms with E-state index in [1.54, 1.807) is 11.1 Å². The van der Waals surface area contributed by atoms with Crippen molar-refractivity contribution in [3.05, 3.63) is 18.2 Å². The second-order valence-electron chi connectivity index (χ2n) is 5.18. The molecule has 1 aromatic heterocycles. The molecule has 1 N–H and O–H groups in total. The molecule has 110 valence electrons. The van der Waals surface area contributed by atoms with Gasteiger partial charge in [-0.2, -0.15) is 0 Å². The van der Waals surface area contributed by atoms with Crippen molar-refractivity contribution in [2.45, 2.75) is 45.7 Å². The Morgan fingerprint density at radius 1 is 1.45 bits per heavy atom. The van der Waals surface area contributed by atoms with Crippen LogP contribution in [0.1, 0.15) is 32.0 Å². The van der Waals surface area contributed by atoms with Crippen LogP contribution >= 0.6 is 0 Å². The van der Waals surface area contributed by atoms with E-state index in [0.29, 0.717) is 19.6 Å². The zero-order chi connectivity index (χ0) is 14.5. The molecule has 1 aliphatic heterocycles. The standard InChI is InChI=1S/C14H22N4O2/c1-11-15-6-9-17(11)10-7-16-14(20)13-5-3-4-8-18(13)12(2)19/h6,9,13H,3-5,7-8,10H2,1-2H3,(H,16,20). The Labute approximate surface area is 119 Å². The zero-order valence-corrected chi connectivity index (χ0v) is 12.1. The minimum Gasteiger partial charge on any atom is -0.353 e. The molecular formula is C14H22N4O2. The normalized spacial score (nSPS) is 18.9. The number of hydrogen-bond acceptors (Lipinski definition) is 3. The maximum atomic E-state index is 12.2. The van der Waals surface area contributed by atoms with Crippen LogP contribution in [0.3, 0.4) is 0 Å². The monoisotopic (exact) mass is 278 g/mol. The number of nitrogens with zero attached hydrogens (tertiary/aromatic N) is 3. The quantitative estimate of drug-likeness (QED) is 0.882. The Balaban J connectivity index is 1.84. The molecule has 20 heavy (non-hydrogen) atoms. The summed E-state index contributed by atoms with van der Waals surface area (Å²) in [4.78, 5) is 29.6. The van der Waals surface area contributed by atoms with E-state index in [-0.39, 0.29) is 17.9 Å². The van der Waals surface area contributed by atoms with E-state index >= 15 is 0 Å². The maximum absolute atomic E-state index is 12.2. The fourth-order valence-electron chi connectivity index (χ4n) is 2.64. The van der Waals surface area contributed by atoms with Crippen molar-refractivity contribution in [1.29, 1.82) is 0 Å². The highest BCUT2D eigenvalue weighted by Crippen LogP contribution is 2.17. The molecule has 2 heterocycles. The van der Waals surface area contributed by atoms with Crippen molar-refractivity contribution in [2.24, 2.45) is 0 Å². The molecule has 1 atom stereocenters. The SMILES string of the molecule is CC(=O)N1CCCCC1C(=O)NCCn1ccnc1C. The van der Waals surface area contributed by atoms with Gasteiger partial charge in [0.1, 0.15) is 11.9 Å². The predicted molar refractivity (Wildman–Crippen MR) is 75.0 cm³/mol. The van der Waals surface area contributed by atoms with Gasteiger partial charge >= 0.3 is 0 Å². The Morgan fingerprint density at radius 2 is 2.25 bits per heavy atom. The lowest BCUT2D eigenvalue weighted by molar-refractivity contribution is -0.140. The summed E-state index contributed by atoms with van der Waals surface area (Å²) in [6, 6.07) is -0.301. The number of aromatic nitrogens is 2. The van der Waals surface area contributed by atoms with Crippen LogP contribution in [0.15, 0.2) is 12.4 Å². The average Bonchev–Trinajstić information content (AvgIpc) is 2.84. The summed E-state index contributed by atoms with van der Waals surface area (Å²) in [5, 5.41) is 2.92. The van der Waals surface area contributed by atoms with Crippen LogP contribution in [0.2, 0.25) is 0 Å². The van der Waals surface area contributed by atoms with Crippen LogP contribution in [0.25, 0.3) is 0 Å². The number of hydrogen-bond donors (Lipinski definition) is 1. The van der Waals surface area contributed by atoms with Crippen molar-refractivity contribution < 1.29 is 9.59 Å². The number of amides is 2. The van der Waals surface area contributed by atoms with Crippen LogP contribution in [0.5, 0.6) is 0 Å². The largest absolute Gasteiger partial charge is 0.353 e. The molecule has 0 spiro atoms. The molecule has 0 saturated carbocycles. The van der Waals surface area contributed by atoms with Crippen molar-refractivity contribution in [1.82, 2.24) is 19.8 Å². The first-order valence-electron chi connectivity index (χ1n) is 7.12. The van der Waals surface area contributed by atoms with Gasteiger partial charge in [0.25, 0.3) is 0 Å². The minimum absolute atomic E-state index is 0.0182. The summed E-state index contributed by atoms with van der Waals surface area (Å²) < 4.78 is 1.99. The lowest BCUT2D eigenvalue weighted by Gasteiger charge is -2.33. The lowest BCUT2D eigenvalue weighted by Crippen LogP contribution is -2.51. The highest BCUT2D eigenvalue weighted by molar-refractivity contribution is 5.87. The van der Waals surface area contributed by atoms with Gasteiger partial charge in [-0.15, -0.1) is 0 Å². The molecule has 2 amide bonds. The van der Waals surface area contributed by atoms with Crippen LogP contribution in [0, 0.1) is 6.92 Å². The van der Waals surface area contributed by atoms with E-state index in [1.807, 2.05) is 17.7 Å². The highest BCUT2D eigenvalue weighted by atomic mass is 16.2. The molecule has 1 unspecified atom stereocenters. The number of aryl methyl sites for hydroxylation is 1. The van der Waals surface area contributed by atoms with Gasteiger partial charge in [-0.3, -0.25) is 9.59 Å². The third-order valence-corrected chi connectivity index (χ3v) is 3.79. The van der Waals surface area contributed by atoms with Gasteiger partial charge in [-0.1, -0.05) is 0 Å². The molecule has 6 nitrogen and oxygen atoms in total. The van der Waals surface area contributed by atoms with Crippen molar-refractivity contribution in [3.8, 4) is 0 Å². The summed E-state index contributed by atoms with van der Waals surface area (Å²) in [5.74, 6) is 0.871. The molecule has 0 aromatic carbocycles. The van der Waals surface area contributed by atoms with Gasteiger partial charge in [0, 0.05) is 39.0 Å². The Kier molecular flexibility index (Phi) is 4.76. The third-order valence-electron chi connectivity index (χ3n) is 3.79. The van der Waals surface area contributed by atoms with E-state index in [2.05, 4.69) is 10.3 Å². The summed E-state index contributed by atoms with van der Waals surface area (Å²) >= 11 is 0. The smallest absolute Gasteiger partial charge is 0.242 e. The molecule has 1 saturated heterocycles. The average molecular weight is 278 g/mol. The molecule has 2 rings (SSSR count). The second-order valence-corrected chi connectivity index (χ2v) is 5.18. The van der Waals surface area contributed by atoms with Gasteiger partial charge in [0.15, 0.2) is 0 Å². The Morgan fingerprint density at radius 3 is 2.90 bits per heavy atom. The summed E-state index contributed by atoms with van der Waals surface area (Å²) in [5.41, 5.74) is 0. The van der Waals surface area contributed by atoms with Crippen molar-refractivity contribution in [2.75, 3.05) is 13.1 Å². The number of nitrogens with one attached hydrogen (secondary N) is 1. The first-order valence-corrected chi connectivity index (χ1v) is 7.12. The third kappa shape index (κ3) is 3.37.